The Hall–Kier alpha value is -1.08. The van der Waals surface area contributed by atoms with Gasteiger partial charge in [0.15, 0.2) is 8.32 Å². The fourth-order valence-electron chi connectivity index (χ4n) is 2.73. The first-order chi connectivity index (χ1) is 11.0. The van der Waals surface area contributed by atoms with Crippen molar-refractivity contribution in [2.75, 3.05) is 20.8 Å². The van der Waals surface area contributed by atoms with Gasteiger partial charge in [0.25, 0.3) is 0 Å². The van der Waals surface area contributed by atoms with E-state index in [-0.39, 0.29) is 29.5 Å². The first-order valence-electron chi connectivity index (χ1n) is 8.60. The van der Waals surface area contributed by atoms with Gasteiger partial charge in [-0.2, -0.15) is 0 Å². The second kappa shape index (κ2) is 8.34. The monoisotopic (exact) mass is 359 g/mol. The molecular formula is C17H33NO5Si. The van der Waals surface area contributed by atoms with E-state index in [1.807, 2.05) is 0 Å². The van der Waals surface area contributed by atoms with Crippen LogP contribution in [0.25, 0.3) is 0 Å². The molecule has 2 atom stereocenters. The van der Waals surface area contributed by atoms with E-state index in [2.05, 4.69) is 33.9 Å². The number of carbonyl (C=O) groups is 2. The quantitative estimate of drug-likeness (QED) is 0.555. The van der Waals surface area contributed by atoms with E-state index >= 15 is 0 Å². The molecule has 1 amide bonds. The SMILES string of the molecule is COC(=O)C[C@H]1CCC[C@@H](CO[Si](C)(C)C(C)(C)C)N1C(=O)OC. The van der Waals surface area contributed by atoms with Gasteiger partial charge in [-0.15, -0.1) is 0 Å². The molecule has 0 aromatic carbocycles. The molecule has 0 spiro atoms. The highest BCUT2D eigenvalue weighted by atomic mass is 28.4. The molecular weight excluding hydrogens is 326 g/mol. The first kappa shape index (κ1) is 21.0. The molecule has 24 heavy (non-hydrogen) atoms. The van der Waals surface area contributed by atoms with Gasteiger partial charge in [0.1, 0.15) is 0 Å². The van der Waals surface area contributed by atoms with E-state index in [0.717, 1.165) is 19.3 Å². The van der Waals surface area contributed by atoms with Crippen LogP contribution >= 0.6 is 0 Å². The number of nitrogens with zero attached hydrogens (tertiary/aromatic N) is 1. The van der Waals surface area contributed by atoms with E-state index < -0.39 is 14.4 Å². The number of ether oxygens (including phenoxy) is 2. The van der Waals surface area contributed by atoms with Crippen LogP contribution in [0.2, 0.25) is 18.1 Å². The van der Waals surface area contributed by atoms with Crippen molar-refractivity contribution in [2.45, 2.75) is 76.7 Å². The zero-order valence-corrected chi connectivity index (χ0v) is 17.2. The summed E-state index contributed by atoms with van der Waals surface area (Å²) in [4.78, 5) is 25.6. The predicted octanol–water partition coefficient (Wildman–Crippen LogP) is 3.56. The average Bonchev–Trinajstić information content (AvgIpc) is 2.51. The third-order valence-corrected chi connectivity index (χ3v) is 9.82. The van der Waals surface area contributed by atoms with Crippen LogP contribution in [0.1, 0.15) is 46.5 Å². The van der Waals surface area contributed by atoms with Crippen molar-refractivity contribution in [3.63, 3.8) is 0 Å². The smallest absolute Gasteiger partial charge is 0.410 e. The van der Waals surface area contributed by atoms with Gasteiger partial charge in [-0.3, -0.25) is 9.69 Å². The number of esters is 1. The molecule has 1 heterocycles. The van der Waals surface area contributed by atoms with Gasteiger partial charge in [-0.1, -0.05) is 20.8 Å². The Labute approximate surface area is 147 Å². The average molecular weight is 360 g/mol. The number of amides is 1. The first-order valence-corrected chi connectivity index (χ1v) is 11.5. The van der Waals surface area contributed by atoms with Crippen molar-refractivity contribution < 1.29 is 23.5 Å². The van der Waals surface area contributed by atoms with Gasteiger partial charge in [-0.25, -0.2) is 4.79 Å². The number of hydrogen-bond donors (Lipinski definition) is 0. The standard InChI is InChI=1S/C17H33NO5Si/c1-17(2,3)24(6,7)23-12-14-10-8-9-13(11-15(19)21-4)18(14)16(20)22-5/h13-14H,8-12H2,1-7H3/t13-,14+/m1/s1. The number of carbonyl (C=O) groups excluding carboxylic acids is 2. The molecule has 7 heteroatoms. The summed E-state index contributed by atoms with van der Waals surface area (Å²) in [7, 11) is 0.845. The highest BCUT2D eigenvalue weighted by molar-refractivity contribution is 6.74. The van der Waals surface area contributed by atoms with Crippen molar-refractivity contribution >= 4 is 20.4 Å². The molecule has 0 aromatic heterocycles. The third-order valence-electron chi connectivity index (χ3n) is 5.32. The molecule has 1 aliphatic rings. The fraction of sp³-hybridized carbons (Fsp3) is 0.882. The van der Waals surface area contributed by atoms with Crippen molar-refractivity contribution in [3.05, 3.63) is 0 Å². The van der Waals surface area contributed by atoms with Crippen molar-refractivity contribution in [1.29, 1.82) is 0 Å². The van der Waals surface area contributed by atoms with Crippen LogP contribution < -0.4 is 0 Å². The van der Waals surface area contributed by atoms with Crippen molar-refractivity contribution in [2.24, 2.45) is 0 Å². The maximum absolute atomic E-state index is 12.3. The zero-order valence-electron chi connectivity index (χ0n) is 16.2. The summed E-state index contributed by atoms with van der Waals surface area (Å²) < 4.78 is 16.0. The minimum Gasteiger partial charge on any atom is -0.469 e. The van der Waals surface area contributed by atoms with Gasteiger partial charge >= 0.3 is 12.1 Å². The Morgan fingerprint density at radius 1 is 1.08 bits per heavy atom. The van der Waals surface area contributed by atoms with Crippen molar-refractivity contribution in [3.8, 4) is 0 Å². The lowest BCUT2D eigenvalue weighted by atomic mass is 9.94. The number of piperidine rings is 1. The highest BCUT2D eigenvalue weighted by Crippen LogP contribution is 2.37. The van der Waals surface area contributed by atoms with Crippen LogP contribution in [0.4, 0.5) is 4.79 Å². The van der Waals surface area contributed by atoms with Crippen molar-refractivity contribution in [1.82, 2.24) is 4.90 Å². The predicted molar refractivity (Wildman–Crippen MR) is 95.5 cm³/mol. The Morgan fingerprint density at radius 2 is 1.67 bits per heavy atom. The molecule has 1 rings (SSSR count). The molecule has 0 radical (unpaired) electrons. The molecule has 0 aromatic rings. The Morgan fingerprint density at radius 3 is 2.17 bits per heavy atom. The Balaban J connectivity index is 2.86. The Kier molecular flexibility index (Phi) is 7.28. The summed E-state index contributed by atoms with van der Waals surface area (Å²) in [5, 5.41) is 0.114. The molecule has 1 aliphatic heterocycles. The lowest BCUT2D eigenvalue weighted by Crippen LogP contribution is -2.54. The Bertz CT molecular complexity index is 447. The van der Waals surface area contributed by atoms with Crippen LogP contribution in [0.5, 0.6) is 0 Å². The van der Waals surface area contributed by atoms with Gasteiger partial charge in [0, 0.05) is 6.04 Å². The highest BCUT2D eigenvalue weighted by Gasteiger charge is 2.41. The van der Waals surface area contributed by atoms with E-state index in [1.54, 1.807) is 4.90 Å². The summed E-state index contributed by atoms with van der Waals surface area (Å²) in [6, 6.07) is -0.248. The number of methoxy groups -OCH3 is 2. The third kappa shape index (κ3) is 5.21. The lowest BCUT2D eigenvalue weighted by molar-refractivity contribution is -0.142. The maximum Gasteiger partial charge on any atom is 0.410 e. The largest absolute Gasteiger partial charge is 0.469 e. The maximum atomic E-state index is 12.3. The number of likely N-dealkylation sites (tertiary alicyclic amines) is 1. The minimum absolute atomic E-state index is 0.0602. The van der Waals surface area contributed by atoms with Gasteiger partial charge in [0.2, 0.25) is 0 Å². The van der Waals surface area contributed by atoms with E-state index in [9.17, 15) is 9.59 Å². The molecule has 0 unspecified atom stereocenters. The van der Waals surface area contributed by atoms with Crippen LogP contribution in [0.15, 0.2) is 0 Å². The summed E-state index contributed by atoms with van der Waals surface area (Å²) in [6.45, 7) is 11.5. The van der Waals surface area contributed by atoms with Crippen LogP contribution in [0, 0.1) is 0 Å². The molecule has 0 aliphatic carbocycles. The van der Waals surface area contributed by atoms with Crippen LogP contribution in [0.3, 0.4) is 0 Å². The summed E-state index contributed by atoms with van der Waals surface area (Å²) >= 11 is 0. The fourth-order valence-corrected chi connectivity index (χ4v) is 3.77. The zero-order chi connectivity index (χ0) is 18.5. The number of hydrogen-bond acceptors (Lipinski definition) is 5. The molecule has 0 saturated carbocycles. The normalized spacial score (nSPS) is 22.2. The van der Waals surface area contributed by atoms with E-state index in [0.29, 0.717) is 6.61 Å². The van der Waals surface area contributed by atoms with Crippen LogP contribution in [-0.2, 0) is 18.7 Å². The summed E-state index contributed by atoms with van der Waals surface area (Å²) in [5.41, 5.74) is 0. The molecule has 0 N–H and O–H groups in total. The van der Waals surface area contributed by atoms with Gasteiger partial charge < -0.3 is 13.9 Å². The molecule has 6 nitrogen and oxygen atoms in total. The van der Waals surface area contributed by atoms with E-state index in [1.165, 1.54) is 14.2 Å². The lowest BCUT2D eigenvalue weighted by Gasteiger charge is -2.43. The molecule has 1 saturated heterocycles. The van der Waals surface area contributed by atoms with Gasteiger partial charge in [0.05, 0.1) is 33.3 Å². The molecule has 0 bridgehead atoms. The minimum atomic E-state index is -1.89. The topological polar surface area (TPSA) is 65.1 Å². The second-order valence-electron chi connectivity index (χ2n) is 7.97. The second-order valence-corrected chi connectivity index (χ2v) is 12.8. The molecule has 140 valence electrons. The summed E-state index contributed by atoms with van der Waals surface area (Å²) in [6.07, 6.45) is 2.40. The van der Waals surface area contributed by atoms with Gasteiger partial charge in [-0.05, 0) is 37.4 Å². The number of rotatable bonds is 5. The summed E-state index contributed by atoms with van der Waals surface area (Å²) in [5.74, 6) is -0.306. The van der Waals surface area contributed by atoms with E-state index in [4.69, 9.17) is 13.9 Å². The molecule has 1 fully saturated rings. The van der Waals surface area contributed by atoms with Crippen LogP contribution in [-0.4, -0.2) is 58.2 Å².